The standard InChI is InChI=1S/C22H26BrNO5/c1-22(2,3)29-21(27)24(4)14-18(25)15-10-12-17(13-11-15)28-20(26)19(23)16-8-6-5-7-9-16/h5-13,18-19,25H,14H2,1-4H3. The van der Waals surface area contributed by atoms with E-state index in [0.717, 1.165) is 5.56 Å². The highest BCUT2D eigenvalue weighted by molar-refractivity contribution is 9.09. The third-order valence-electron chi connectivity index (χ3n) is 3.93. The van der Waals surface area contributed by atoms with Crippen LogP contribution in [-0.4, -0.2) is 41.3 Å². The van der Waals surface area contributed by atoms with E-state index in [1.807, 2.05) is 30.3 Å². The van der Waals surface area contributed by atoms with Crippen molar-refractivity contribution in [2.45, 2.75) is 37.3 Å². The van der Waals surface area contributed by atoms with Crippen LogP contribution >= 0.6 is 15.9 Å². The van der Waals surface area contributed by atoms with Crippen LogP contribution in [0.15, 0.2) is 54.6 Å². The van der Waals surface area contributed by atoms with E-state index < -0.39 is 28.6 Å². The topological polar surface area (TPSA) is 76.1 Å². The summed E-state index contributed by atoms with van der Waals surface area (Å²) < 4.78 is 10.7. The number of likely N-dealkylation sites (N-methyl/N-ethyl adjacent to an activating group) is 1. The number of hydrogen-bond acceptors (Lipinski definition) is 5. The van der Waals surface area contributed by atoms with Gasteiger partial charge < -0.3 is 19.5 Å². The van der Waals surface area contributed by atoms with E-state index in [2.05, 4.69) is 15.9 Å². The Morgan fingerprint density at radius 2 is 1.62 bits per heavy atom. The third kappa shape index (κ3) is 7.18. The van der Waals surface area contributed by atoms with Gasteiger partial charge in [-0.1, -0.05) is 58.4 Å². The molecular weight excluding hydrogens is 438 g/mol. The first-order chi connectivity index (χ1) is 13.6. The number of carbonyl (C=O) groups excluding carboxylic acids is 2. The van der Waals surface area contributed by atoms with Crippen LogP contribution in [0, 0.1) is 0 Å². The molecule has 156 valence electrons. The fourth-order valence-corrected chi connectivity index (χ4v) is 2.86. The first kappa shape index (κ1) is 22.9. The number of amides is 1. The van der Waals surface area contributed by atoms with Gasteiger partial charge in [-0.25, -0.2) is 4.79 Å². The molecule has 2 atom stereocenters. The molecular formula is C22H26BrNO5. The fraction of sp³-hybridized carbons (Fsp3) is 0.364. The van der Waals surface area contributed by atoms with E-state index in [9.17, 15) is 14.7 Å². The zero-order chi connectivity index (χ0) is 21.6. The van der Waals surface area contributed by atoms with E-state index >= 15 is 0 Å². The maximum atomic E-state index is 12.3. The van der Waals surface area contributed by atoms with Crippen LogP contribution in [0.4, 0.5) is 4.79 Å². The van der Waals surface area contributed by atoms with E-state index in [1.165, 1.54) is 4.90 Å². The van der Waals surface area contributed by atoms with Gasteiger partial charge in [0.1, 0.15) is 16.2 Å². The molecule has 2 rings (SSSR count). The smallest absolute Gasteiger partial charge is 0.410 e. The van der Waals surface area contributed by atoms with Gasteiger partial charge in [-0.05, 0) is 44.0 Å². The van der Waals surface area contributed by atoms with Crippen molar-refractivity contribution in [3.63, 3.8) is 0 Å². The van der Waals surface area contributed by atoms with Gasteiger partial charge in [-0.15, -0.1) is 0 Å². The molecule has 0 aliphatic heterocycles. The zero-order valence-corrected chi connectivity index (χ0v) is 18.5. The predicted molar refractivity (Wildman–Crippen MR) is 114 cm³/mol. The molecule has 7 heteroatoms. The number of rotatable bonds is 6. The van der Waals surface area contributed by atoms with Crippen LogP contribution in [0.2, 0.25) is 0 Å². The largest absolute Gasteiger partial charge is 0.444 e. The summed E-state index contributed by atoms with van der Waals surface area (Å²) in [5.74, 6) is -0.0685. The van der Waals surface area contributed by atoms with Crippen LogP contribution in [-0.2, 0) is 9.53 Å². The molecule has 2 unspecified atom stereocenters. The van der Waals surface area contributed by atoms with Crippen LogP contribution < -0.4 is 4.74 Å². The molecule has 2 aromatic rings. The number of ether oxygens (including phenoxy) is 2. The quantitative estimate of drug-likeness (QED) is 0.383. The Bertz CT molecular complexity index is 817. The molecule has 0 fully saturated rings. The highest BCUT2D eigenvalue weighted by atomic mass is 79.9. The average Bonchev–Trinajstić information content (AvgIpc) is 2.67. The highest BCUT2D eigenvalue weighted by Gasteiger charge is 2.22. The summed E-state index contributed by atoms with van der Waals surface area (Å²) in [6.07, 6.45) is -1.41. The molecule has 0 heterocycles. The average molecular weight is 464 g/mol. The number of halogens is 1. The molecule has 0 bridgehead atoms. The summed E-state index contributed by atoms with van der Waals surface area (Å²) in [4.78, 5) is 25.0. The second kappa shape index (κ2) is 9.89. The summed E-state index contributed by atoms with van der Waals surface area (Å²) in [6, 6.07) is 15.8. The number of benzene rings is 2. The molecule has 29 heavy (non-hydrogen) atoms. The van der Waals surface area contributed by atoms with Gasteiger partial charge in [-0.2, -0.15) is 0 Å². The Kier molecular flexibility index (Phi) is 7.81. The van der Waals surface area contributed by atoms with Gasteiger partial charge in [0, 0.05) is 7.05 Å². The Hall–Kier alpha value is -2.38. The number of nitrogens with zero attached hydrogens (tertiary/aromatic N) is 1. The molecule has 0 radical (unpaired) electrons. The van der Waals surface area contributed by atoms with E-state index in [-0.39, 0.29) is 6.54 Å². The number of aliphatic hydroxyl groups excluding tert-OH is 1. The normalized spacial score (nSPS) is 13.3. The maximum absolute atomic E-state index is 12.3. The van der Waals surface area contributed by atoms with Crippen molar-refractivity contribution in [3.8, 4) is 5.75 Å². The predicted octanol–water partition coefficient (Wildman–Crippen LogP) is 4.63. The highest BCUT2D eigenvalue weighted by Crippen LogP contribution is 2.26. The van der Waals surface area contributed by atoms with Gasteiger partial charge >= 0.3 is 12.1 Å². The summed E-state index contributed by atoms with van der Waals surface area (Å²) in [6.45, 7) is 5.42. The number of aliphatic hydroxyl groups is 1. The first-order valence-corrected chi connectivity index (χ1v) is 10.1. The Labute approximate surface area is 179 Å². The van der Waals surface area contributed by atoms with Crippen molar-refractivity contribution in [1.29, 1.82) is 0 Å². The zero-order valence-electron chi connectivity index (χ0n) is 17.0. The summed E-state index contributed by atoms with van der Waals surface area (Å²) in [5.41, 5.74) is 0.794. The first-order valence-electron chi connectivity index (χ1n) is 9.19. The number of esters is 1. The van der Waals surface area contributed by atoms with E-state index in [4.69, 9.17) is 9.47 Å². The van der Waals surface area contributed by atoms with Crippen LogP contribution in [0.25, 0.3) is 0 Å². The number of alkyl halides is 1. The van der Waals surface area contributed by atoms with Crippen LogP contribution in [0.3, 0.4) is 0 Å². The van der Waals surface area contributed by atoms with Crippen LogP contribution in [0.5, 0.6) is 5.75 Å². The van der Waals surface area contributed by atoms with Gasteiger partial charge in [0.2, 0.25) is 0 Å². The van der Waals surface area contributed by atoms with Crippen molar-refractivity contribution in [1.82, 2.24) is 4.90 Å². The van der Waals surface area contributed by atoms with Gasteiger partial charge in [0.25, 0.3) is 0 Å². The van der Waals surface area contributed by atoms with Crippen molar-refractivity contribution in [2.24, 2.45) is 0 Å². The Balaban J connectivity index is 1.93. The second-order valence-electron chi connectivity index (χ2n) is 7.64. The molecule has 2 aromatic carbocycles. The minimum Gasteiger partial charge on any atom is -0.444 e. The lowest BCUT2D eigenvalue weighted by Crippen LogP contribution is -2.36. The van der Waals surface area contributed by atoms with Crippen molar-refractivity contribution in [3.05, 3.63) is 65.7 Å². The fourth-order valence-electron chi connectivity index (χ4n) is 2.46. The summed E-state index contributed by atoms with van der Waals surface area (Å²) >= 11 is 3.34. The maximum Gasteiger partial charge on any atom is 0.410 e. The lowest BCUT2D eigenvalue weighted by atomic mass is 10.1. The lowest BCUT2D eigenvalue weighted by molar-refractivity contribution is -0.133. The van der Waals surface area contributed by atoms with Crippen molar-refractivity contribution in [2.75, 3.05) is 13.6 Å². The van der Waals surface area contributed by atoms with Crippen molar-refractivity contribution >= 4 is 28.0 Å². The summed E-state index contributed by atoms with van der Waals surface area (Å²) in [7, 11) is 1.56. The molecule has 0 aliphatic carbocycles. The van der Waals surface area contributed by atoms with E-state index in [0.29, 0.717) is 11.3 Å². The monoisotopic (exact) mass is 463 g/mol. The minimum absolute atomic E-state index is 0.0749. The molecule has 0 spiro atoms. The Morgan fingerprint density at radius 3 is 2.17 bits per heavy atom. The van der Waals surface area contributed by atoms with Gasteiger partial charge in [-0.3, -0.25) is 4.79 Å². The SMILES string of the molecule is CN(CC(O)c1ccc(OC(=O)C(Br)c2ccccc2)cc1)C(=O)OC(C)(C)C. The summed E-state index contributed by atoms with van der Waals surface area (Å²) in [5, 5.41) is 10.4. The lowest BCUT2D eigenvalue weighted by Gasteiger charge is -2.26. The third-order valence-corrected chi connectivity index (χ3v) is 4.84. The molecule has 1 amide bonds. The Morgan fingerprint density at radius 1 is 1.03 bits per heavy atom. The molecule has 0 saturated heterocycles. The molecule has 6 nitrogen and oxygen atoms in total. The number of hydrogen-bond donors (Lipinski definition) is 1. The van der Waals surface area contributed by atoms with Crippen LogP contribution in [0.1, 0.15) is 42.8 Å². The molecule has 1 N–H and O–H groups in total. The molecule has 0 saturated carbocycles. The molecule has 0 aliphatic rings. The van der Waals surface area contributed by atoms with Crippen molar-refractivity contribution < 1.29 is 24.2 Å². The second-order valence-corrected chi connectivity index (χ2v) is 8.56. The van der Waals surface area contributed by atoms with Gasteiger partial charge in [0.15, 0.2) is 0 Å². The number of carbonyl (C=O) groups is 2. The minimum atomic E-state index is -0.898. The van der Waals surface area contributed by atoms with Gasteiger partial charge in [0.05, 0.1) is 12.6 Å². The molecule has 0 aromatic heterocycles. The van der Waals surface area contributed by atoms with E-state index in [1.54, 1.807) is 52.1 Å².